The first-order chi connectivity index (χ1) is 7.88. The second-order valence-corrected chi connectivity index (χ2v) is 5.92. The van der Waals surface area contributed by atoms with Gasteiger partial charge in [0.2, 0.25) is 0 Å². The zero-order chi connectivity index (χ0) is 13.2. The quantitative estimate of drug-likeness (QED) is 0.781. The molecule has 2 unspecified atom stereocenters. The van der Waals surface area contributed by atoms with Crippen molar-refractivity contribution in [2.75, 3.05) is 0 Å². The summed E-state index contributed by atoms with van der Waals surface area (Å²) in [4.78, 5) is 8.40. The van der Waals surface area contributed by atoms with Gasteiger partial charge in [-0.15, -0.1) is 0 Å². The fourth-order valence-electron chi connectivity index (χ4n) is 1.94. The number of hydrogen-bond donors (Lipinski definition) is 1. The predicted molar refractivity (Wildman–Crippen MR) is 74.6 cm³/mol. The molecule has 0 aliphatic rings. The van der Waals surface area contributed by atoms with E-state index in [2.05, 4.69) is 53.5 Å². The molecule has 0 aromatic carbocycles. The van der Waals surface area contributed by atoms with Gasteiger partial charge in [-0.25, -0.2) is 4.98 Å². The lowest BCUT2D eigenvalue weighted by molar-refractivity contribution is 0.515. The second-order valence-electron chi connectivity index (χ2n) is 5.92. The van der Waals surface area contributed by atoms with Crippen molar-refractivity contribution < 1.29 is 0 Å². The van der Waals surface area contributed by atoms with Crippen LogP contribution in [0, 0.1) is 5.92 Å². The molecule has 1 rings (SSSR count). The first-order valence-corrected chi connectivity index (χ1v) is 6.98. The van der Waals surface area contributed by atoms with Gasteiger partial charge >= 0.3 is 0 Å². The number of hydrogen-bond acceptors (Lipinski definition) is 1. The Bertz CT molecular complexity index is 350. The average molecular weight is 236 g/mol. The van der Waals surface area contributed by atoms with Crippen LogP contribution >= 0.6 is 0 Å². The van der Waals surface area contributed by atoms with Crippen LogP contribution < -0.4 is 0 Å². The van der Waals surface area contributed by atoms with Gasteiger partial charge in [0.25, 0.3) is 0 Å². The van der Waals surface area contributed by atoms with Crippen LogP contribution in [0.2, 0.25) is 0 Å². The van der Waals surface area contributed by atoms with Crippen LogP contribution in [0.4, 0.5) is 0 Å². The summed E-state index contributed by atoms with van der Waals surface area (Å²) in [6, 6.07) is 0. The van der Waals surface area contributed by atoms with E-state index in [0.29, 0.717) is 23.7 Å². The Balaban J connectivity index is 3.16. The number of aromatic nitrogens is 2. The van der Waals surface area contributed by atoms with E-state index in [-0.39, 0.29) is 0 Å². The fraction of sp³-hybridized carbons (Fsp3) is 0.800. The highest BCUT2D eigenvalue weighted by Crippen LogP contribution is 2.31. The molecule has 2 heteroatoms. The Morgan fingerprint density at radius 1 is 1.06 bits per heavy atom. The Hall–Kier alpha value is -0.790. The lowest BCUT2D eigenvalue weighted by Gasteiger charge is -2.17. The molecule has 1 aromatic heterocycles. The minimum atomic E-state index is 0.478. The van der Waals surface area contributed by atoms with Crippen LogP contribution in [0.15, 0.2) is 0 Å². The van der Waals surface area contributed by atoms with E-state index in [0.717, 1.165) is 12.2 Å². The second kappa shape index (κ2) is 5.70. The molecule has 0 radical (unpaired) electrons. The predicted octanol–water partition coefficient (Wildman–Crippen LogP) is 4.81. The highest BCUT2D eigenvalue weighted by Gasteiger charge is 2.22. The maximum absolute atomic E-state index is 4.84. The van der Waals surface area contributed by atoms with Crippen molar-refractivity contribution in [2.24, 2.45) is 5.92 Å². The Morgan fingerprint density at radius 2 is 1.65 bits per heavy atom. The number of aromatic amines is 1. The number of nitrogens with one attached hydrogen (secondary N) is 1. The smallest absolute Gasteiger partial charge is 0.109 e. The van der Waals surface area contributed by atoms with Crippen molar-refractivity contribution in [2.45, 2.75) is 72.6 Å². The molecular weight excluding hydrogens is 208 g/mol. The summed E-state index contributed by atoms with van der Waals surface area (Å²) in [5.74, 6) is 3.36. The maximum atomic E-state index is 4.84. The molecule has 2 atom stereocenters. The first-order valence-electron chi connectivity index (χ1n) is 6.98. The third-order valence-electron chi connectivity index (χ3n) is 3.86. The molecule has 2 nitrogen and oxygen atoms in total. The van der Waals surface area contributed by atoms with Crippen molar-refractivity contribution in [3.8, 4) is 0 Å². The monoisotopic (exact) mass is 236 g/mol. The van der Waals surface area contributed by atoms with E-state index in [1.165, 1.54) is 11.4 Å². The lowest BCUT2D eigenvalue weighted by atomic mass is 9.90. The Morgan fingerprint density at radius 3 is 2.06 bits per heavy atom. The highest BCUT2D eigenvalue weighted by atomic mass is 14.9. The van der Waals surface area contributed by atoms with E-state index in [4.69, 9.17) is 4.98 Å². The minimum absolute atomic E-state index is 0.478. The molecule has 0 amide bonds. The van der Waals surface area contributed by atoms with E-state index < -0.39 is 0 Å². The van der Waals surface area contributed by atoms with E-state index in [1.54, 1.807) is 0 Å². The van der Waals surface area contributed by atoms with Crippen LogP contribution in [0.1, 0.15) is 89.9 Å². The minimum Gasteiger partial charge on any atom is -0.345 e. The van der Waals surface area contributed by atoms with Crippen LogP contribution in [0.3, 0.4) is 0 Å². The highest BCUT2D eigenvalue weighted by molar-refractivity contribution is 5.23. The standard InChI is InChI=1S/C15H28N2/c1-8-11(6)13-14(12(7)9(2)3)17-15(16-13)10(4)5/h9-12H,8H2,1-7H3,(H,16,17). The van der Waals surface area contributed by atoms with Gasteiger partial charge in [0, 0.05) is 17.5 Å². The van der Waals surface area contributed by atoms with Gasteiger partial charge in [-0.2, -0.15) is 0 Å². The average Bonchev–Trinajstić information content (AvgIpc) is 2.71. The molecule has 0 fully saturated rings. The number of rotatable bonds is 5. The zero-order valence-electron chi connectivity index (χ0n) is 12.5. The van der Waals surface area contributed by atoms with Gasteiger partial charge in [-0.1, -0.05) is 48.5 Å². The van der Waals surface area contributed by atoms with Gasteiger partial charge in [-0.3, -0.25) is 0 Å². The first kappa shape index (κ1) is 14.3. The molecule has 1 heterocycles. The number of nitrogens with zero attached hydrogens (tertiary/aromatic N) is 1. The van der Waals surface area contributed by atoms with Crippen LogP contribution in [-0.2, 0) is 0 Å². The molecule has 0 aliphatic heterocycles. The van der Waals surface area contributed by atoms with Crippen molar-refractivity contribution in [1.29, 1.82) is 0 Å². The van der Waals surface area contributed by atoms with Gasteiger partial charge in [0.1, 0.15) is 5.82 Å². The summed E-state index contributed by atoms with van der Waals surface area (Å²) < 4.78 is 0. The number of H-pyrrole nitrogens is 1. The number of imidazole rings is 1. The summed E-state index contributed by atoms with van der Waals surface area (Å²) in [6.07, 6.45) is 1.16. The fourth-order valence-corrected chi connectivity index (χ4v) is 1.94. The molecule has 98 valence electrons. The summed E-state index contributed by atoms with van der Waals surface area (Å²) in [6.45, 7) is 15.8. The molecule has 0 spiro atoms. The van der Waals surface area contributed by atoms with Crippen molar-refractivity contribution in [3.63, 3.8) is 0 Å². The molecule has 0 saturated carbocycles. The maximum Gasteiger partial charge on any atom is 0.109 e. The van der Waals surface area contributed by atoms with Gasteiger partial charge in [0.15, 0.2) is 0 Å². The zero-order valence-corrected chi connectivity index (χ0v) is 12.5. The van der Waals surface area contributed by atoms with Gasteiger partial charge in [0.05, 0.1) is 5.69 Å². The third-order valence-corrected chi connectivity index (χ3v) is 3.86. The summed E-state index contributed by atoms with van der Waals surface area (Å²) in [5.41, 5.74) is 2.65. The van der Waals surface area contributed by atoms with E-state index >= 15 is 0 Å². The van der Waals surface area contributed by atoms with Crippen LogP contribution in [0.5, 0.6) is 0 Å². The Kier molecular flexibility index (Phi) is 4.79. The molecule has 0 saturated heterocycles. The summed E-state index contributed by atoms with van der Waals surface area (Å²) >= 11 is 0. The van der Waals surface area contributed by atoms with Gasteiger partial charge in [-0.05, 0) is 18.3 Å². The lowest BCUT2D eigenvalue weighted by Crippen LogP contribution is -2.07. The summed E-state index contributed by atoms with van der Waals surface area (Å²) in [5, 5.41) is 0. The molecule has 0 aliphatic carbocycles. The molecule has 1 aromatic rings. The van der Waals surface area contributed by atoms with Crippen LogP contribution in [0.25, 0.3) is 0 Å². The third kappa shape index (κ3) is 3.11. The molecule has 17 heavy (non-hydrogen) atoms. The molecule has 1 N–H and O–H groups in total. The van der Waals surface area contributed by atoms with Crippen molar-refractivity contribution >= 4 is 0 Å². The van der Waals surface area contributed by atoms with Crippen molar-refractivity contribution in [1.82, 2.24) is 9.97 Å². The topological polar surface area (TPSA) is 28.7 Å². The van der Waals surface area contributed by atoms with E-state index in [9.17, 15) is 0 Å². The van der Waals surface area contributed by atoms with Crippen molar-refractivity contribution in [3.05, 3.63) is 17.2 Å². The normalized spacial score (nSPS) is 15.6. The van der Waals surface area contributed by atoms with E-state index in [1.807, 2.05) is 0 Å². The van der Waals surface area contributed by atoms with Crippen LogP contribution in [-0.4, -0.2) is 9.97 Å². The summed E-state index contributed by atoms with van der Waals surface area (Å²) in [7, 11) is 0. The SMILES string of the molecule is CCC(C)c1[nH]c(C(C)C)nc1C(C)C(C)C. The largest absolute Gasteiger partial charge is 0.345 e. The Labute approximate surface area is 106 Å². The molecule has 0 bridgehead atoms. The van der Waals surface area contributed by atoms with Gasteiger partial charge < -0.3 is 4.98 Å². The molecular formula is C15H28N2.